The molecular formula is C16H17BrN2. The highest BCUT2D eigenvalue weighted by Gasteiger charge is 2.15. The highest BCUT2D eigenvalue weighted by atomic mass is 79.9. The summed E-state index contributed by atoms with van der Waals surface area (Å²) in [6.07, 6.45) is 0. The molecule has 0 saturated carbocycles. The van der Waals surface area contributed by atoms with Crippen LogP contribution >= 0.6 is 15.9 Å². The lowest BCUT2D eigenvalue weighted by Crippen LogP contribution is -1.97. The first-order valence-electron chi connectivity index (χ1n) is 6.51. The second-order valence-electron chi connectivity index (χ2n) is 5.04. The van der Waals surface area contributed by atoms with Gasteiger partial charge in [-0.05, 0) is 56.2 Å². The molecule has 2 nitrogen and oxygen atoms in total. The Morgan fingerprint density at radius 3 is 2.63 bits per heavy atom. The summed E-state index contributed by atoms with van der Waals surface area (Å²) in [6, 6.07) is 8.55. The van der Waals surface area contributed by atoms with Gasteiger partial charge in [-0.3, -0.25) is 0 Å². The number of fused-ring (bicyclic) bond motifs is 3. The molecule has 98 valence electrons. The van der Waals surface area contributed by atoms with E-state index in [9.17, 15) is 0 Å². The molecule has 0 aliphatic carbocycles. The van der Waals surface area contributed by atoms with Crippen LogP contribution in [0.5, 0.6) is 0 Å². The van der Waals surface area contributed by atoms with Gasteiger partial charge in [0.1, 0.15) is 0 Å². The molecule has 0 radical (unpaired) electrons. The third-order valence-electron chi connectivity index (χ3n) is 3.90. The smallest absolute Gasteiger partial charge is 0.0525 e. The molecule has 0 unspecified atom stereocenters. The standard InChI is InChI=1S/C16H17BrN2/c1-4-19-14-6-5-11(17)8-12(14)15-10(3)13(18)7-9(2)16(15)19/h5-8H,4,18H2,1-3H3. The van der Waals surface area contributed by atoms with E-state index >= 15 is 0 Å². The van der Waals surface area contributed by atoms with Gasteiger partial charge < -0.3 is 10.3 Å². The Kier molecular flexibility index (Phi) is 2.82. The number of anilines is 1. The van der Waals surface area contributed by atoms with Crippen LogP contribution in [0.25, 0.3) is 21.8 Å². The van der Waals surface area contributed by atoms with E-state index in [4.69, 9.17) is 5.73 Å². The van der Waals surface area contributed by atoms with Crippen molar-refractivity contribution < 1.29 is 0 Å². The van der Waals surface area contributed by atoms with E-state index in [0.717, 1.165) is 16.7 Å². The van der Waals surface area contributed by atoms with Crippen molar-refractivity contribution in [2.45, 2.75) is 27.3 Å². The van der Waals surface area contributed by atoms with Gasteiger partial charge in [0, 0.05) is 33.0 Å². The minimum atomic E-state index is 0.875. The summed E-state index contributed by atoms with van der Waals surface area (Å²) >= 11 is 3.57. The van der Waals surface area contributed by atoms with E-state index in [0.29, 0.717) is 0 Å². The molecule has 0 spiro atoms. The maximum absolute atomic E-state index is 6.15. The van der Waals surface area contributed by atoms with Crippen molar-refractivity contribution in [3.63, 3.8) is 0 Å². The number of nitrogens with zero attached hydrogens (tertiary/aromatic N) is 1. The van der Waals surface area contributed by atoms with Gasteiger partial charge in [-0.2, -0.15) is 0 Å². The van der Waals surface area contributed by atoms with Crippen molar-refractivity contribution >= 4 is 43.4 Å². The predicted molar refractivity (Wildman–Crippen MR) is 86.7 cm³/mol. The summed E-state index contributed by atoms with van der Waals surface area (Å²) in [5.74, 6) is 0. The molecule has 1 aromatic heterocycles. The van der Waals surface area contributed by atoms with E-state index in [1.807, 2.05) is 0 Å². The fourth-order valence-electron chi connectivity index (χ4n) is 3.00. The Morgan fingerprint density at radius 1 is 1.21 bits per heavy atom. The van der Waals surface area contributed by atoms with Crippen LogP contribution < -0.4 is 5.73 Å². The molecular weight excluding hydrogens is 300 g/mol. The van der Waals surface area contributed by atoms with Gasteiger partial charge in [0.2, 0.25) is 0 Å². The molecule has 0 aliphatic heterocycles. The maximum Gasteiger partial charge on any atom is 0.0525 e. The van der Waals surface area contributed by atoms with Crippen LogP contribution in [-0.4, -0.2) is 4.57 Å². The van der Waals surface area contributed by atoms with Crippen LogP contribution in [-0.2, 0) is 6.54 Å². The molecule has 0 aliphatic rings. The number of nitrogen functional groups attached to an aromatic ring is 1. The summed E-state index contributed by atoms with van der Waals surface area (Å²) in [5, 5.41) is 2.56. The zero-order valence-electron chi connectivity index (χ0n) is 11.4. The van der Waals surface area contributed by atoms with Crippen molar-refractivity contribution in [3.8, 4) is 0 Å². The number of hydrogen-bond acceptors (Lipinski definition) is 1. The van der Waals surface area contributed by atoms with Gasteiger partial charge in [-0.25, -0.2) is 0 Å². The molecule has 3 heteroatoms. The average Bonchev–Trinajstić information content (AvgIpc) is 2.70. The largest absolute Gasteiger partial charge is 0.398 e. The molecule has 0 saturated heterocycles. The van der Waals surface area contributed by atoms with Crippen molar-refractivity contribution in [2.75, 3.05) is 5.73 Å². The minimum Gasteiger partial charge on any atom is -0.398 e. The summed E-state index contributed by atoms with van der Waals surface area (Å²) < 4.78 is 3.48. The third-order valence-corrected chi connectivity index (χ3v) is 4.39. The van der Waals surface area contributed by atoms with Gasteiger partial charge in [-0.15, -0.1) is 0 Å². The fourth-order valence-corrected chi connectivity index (χ4v) is 3.36. The lowest BCUT2D eigenvalue weighted by molar-refractivity contribution is 0.824. The Labute approximate surface area is 121 Å². The zero-order valence-corrected chi connectivity index (χ0v) is 13.0. The van der Waals surface area contributed by atoms with Crippen LogP contribution in [0.3, 0.4) is 0 Å². The summed E-state index contributed by atoms with van der Waals surface area (Å²) in [6.45, 7) is 7.40. The number of aromatic nitrogens is 1. The first kappa shape index (κ1) is 12.5. The minimum absolute atomic E-state index is 0.875. The van der Waals surface area contributed by atoms with Crippen molar-refractivity contribution in [1.29, 1.82) is 0 Å². The molecule has 2 aromatic carbocycles. The Hall–Kier alpha value is -1.48. The van der Waals surface area contributed by atoms with E-state index in [1.54, 1.807) is 0 Å². The predicted octanol–water partition coefficient (Wildman–Crippen LogP) is 4.78. The van der Waals surface area contributed by atoms with Gasteiger partial charge in [0.15, 0.2) is 0 Å². The lowest BCUT2D eigenvalue weighted by atomic mass is 10.0. The van der Waals surface area contributed by atoms with Crippen LogP contribution in [0, 0.1) is 13.8 Å². The van der Waals surface area contributed by atoms with Crippen LogP contribution in [0.15, 0.2) is 28.7 Å². The first-order valence-corrected chi connectivity index (χ1v) is 7.31. The fraction of sp³-hybridized carbons (Fsp3) is 0.250. The molecule has 0 atom stereocenters. The van der Waals surface area contributed by atoms with Crippen molar-refractivity contribution in [1.82, 2.24) is 4.57 Å². The monoisotopic (exact) mass is 316 g/mol. The quantitative estimate of drug-likeness (QED) is 0.644. The highest BCUT2D eigenvalue weighted by molar-refractivity contribution is 9.10. The SMILES string of the molecule is CCn1c2ccc(Br)cc2c2c(C)c(N)cc(C)c21. The molecule has 0 amide bonds. The first-order chi connectivity index (χ1) is 9.04. The number of nitrogens with two attached hydrogens (primary N) is 1. The van der Waals surface area contributed by atoms with Gasteiger partial charge in [-0.1, -0.05) is 15.9 Å². The number of hydrogen-bond donors (Lipinski definition) is 1. The summed E-state index contributed by atoms with van der Waals surface area (Å²) in [5.41, 5.74) is 12.0. The molecule has 2 N–H and O–H groups in total. The second kappa shape index (κ2) is 4.27. The van der Waals surface area contributed by atoms with Crippen LogP contribution in [0.1, 0.15) is 18.1 Å². The molecule has 19 heavy (non-hydrogen) atoms. The van der Waals surface area contributed by atoms with Gasteiger partial charge in [0.05, 0.1) is 5.52 Å². The molecule has 3 rings (SSSR count). The van der Waals surface area contributed by atoms with E-state index in [-0.39, 0.29) is 0 Å². The zero-order chi connectivity index (χ0) is 13.7. The normalized spacial score (nSPS) is 11.6. The van der Waals surface area contributed by atoms with E-state index < -0.39 is 0 Å². The second-order valence-corrected chi connectivity index (χ2v) is 5.95. The van der Waals surface area contributed by atoms with Crippen molar-refractivity contribution in [2.24, 2.45) is 0 Å². The number of benzene rings is 2. The lowest BCUT2D eigenvalue weighted by Gasteiger charge is -2.09. The maximum atomic E-state index is 6.15. The van der Waals surface area contributed by atoms with Gasteiger partial charge >= 0.3 is 0 Å². The van der Waals surface area contributed by atoms with Gasteiger partial charge in [0.25, 0.3) is 0 Å². The number of halogens is 1. The van der Waals surface area contributed by atoms with E-state index in [1.165, 1.54) is 32.9 Å². The molecule has 1 heterocycles. The highest BCUT2D eigenvalue weighted by Crippen LogP contribution is 2.37. The number of aryl methyl sites for hydroxylation is 3. The third kappa shape index (κ3) is 1.68. The number of rotatable bonds is 1. The van der Waals surface area contributed by atoms with Crippen LogP contribution in [0.2, 0.25) is 0 Å². The molecule has 3 aromatic rings. The topological polar surface area (TPSA) is 30.9 Å². The Balaban J connectivity index is 2.67. The van der Waals surface area contributed by atoms with Crippen LogP contribution in [0.4, 0.5) is 5.69 Å². The van der Waals surface area contributed by atoms with E-state index in [2.05, 4.69) is 65.5 Å². The Bertz CT molecular complexity index is 800. The summed E-state index contributed by atoms with van der Waals surface area (Å²) in [7, 11) is 0. The van der Waals surface area contributed by atoms with Crippen molar-refractivity contribution in [3.05, 3.63) is 39.9 Å². The average molecular weight is 317 g/mol. The summed E-state index contributed by atoms with van der Waals surface area (Å²) in [4.78, 5) is 0. The molecule has 0 fully saturated rings. The Morgan fingerprint density at radius 2 is 1.95 bits per heavy atom. The molecule has 0 bridgehead atoms.